The highest BCUT2D eigenvalue weighted by Crippen LogP contribution is 2.38. The molecule has 0 aliphatic heterocycles. The van der Waals surface area contributed by atoms with Gasteiger partial charge in [-0.2, -0.15) is 0 Å². The summed E-state index contributed by atoms with van der Waals surface area (Å²) in [6.45, 7) is 3.69. The van der Waals surface area contributed by atoms with Crippen molar-refractivity contribution >= 4 is 17.6 Å². The lowest BCUT2D eigenvalue weighted by Crippen LogP contribution is -2.42. The van der Waals surface area contributed by atoms with Crippen molar-refractivity contribution in [2.45, 2.75) is 38.3 Å². The topological polar surface area (TPSA) is 93.9 Å². The van der Waals surface area contributed by atoms with Gasteiger partial charge in [-0.25, -0.2) is 0 Å². The van der Waals surface area contributed by atoms with Crippen LogP contribution in [0.3, 0.4) is 0 Å². The first-order valence-electron chi connectivity index (χ1n) is 6.79. The molecule has 0 saturated heterocycles. The molecule has 0 atom stereocenters. The van der Waals surface area contributed by atoms with Crippen molar-refractivity contribution < 1.29 is 9.84 Å². The first-order chi connectivity index (χ1) is 9.31. The Morgan fingerprint density at radius 3 is 2.50 bits per heavy atom. The molecule has 2 rings (SSSR count). The van der Waals surface area contributed by atoms with E-state index in [1.165, 1.54) is 0 Å². The Morgan fingerprint density at radius 2 is 1.95 bits per heavy atom. The number of hydrogen-bond acceptors (Lipinski definition) is 5. The Hall–Kier alpha value is -1.75. The molecule has 1 aromatic carbocycles. The van der Waals surface area contributed by atoms with Gasteiger partial charge in [0, 0.05) is 23.5 Å². The number of nitrogens with two attached hydrogens (primary N) is 2. The second-order valence-electron chi connectivity index (χ2n) is 5.98. The number of hydrogen-bond donors (Lipinski definition) is 3. The van der Waals surface area contributed by atoms with Gasteiger partial charge in [0.25, 0.3) is 0 Å². The Balaban J connectivity index is 2.02. The van der Waals surface area contributed by atoms with Crippen LogP contribution in [0.4, 0.5) is 11.4 Å². The van der Waals surface area contributed by atoms with Crippen LogP contribution in [0, 0.1) is 5.92 Å². The summed E-state index contributed by atoms with van der Waals surface area (Å²) >= 11 is 0. The molecule has 1 saturated carbocycles. The molecule has 0 heterocycles. The van der Waals surface area contributed by atoms with Gasteiger partial charge in [-0.1, -0.05) is 0 Å². The maximum absolute atomic E-state index is 9.88. The number of methoxy groups -OCH3 is 1. The molecular formula is C15H23N3O2. The lowest BCUT2D eigenvalue weighted by atomic mass is 9.71. The standard InChI is InChI=1S/C15H23N3O2/c1-15(2,19)10-5-11(6-10)18-8-9-4-13(17)14(20-3)7-12(9)16/h4,7-8,10-11,19H,5-6,16-17H2,1-3H3. The van der Waals surface area contributed by atoms with Crippen LogP contribution < -0.4 is 16.2 Å². The summed E-state index contributed by atoms with van der Waals surface area (Å²) in [5.74, 6) is 0.897. The Kier molecular flexibility index (Phi) is 3.90. The van der Waals surface area contributed by atoms with Gasteiger partial charge in [0.1, 0.15) is 5.75 Å². The zero-order valence-corrected chi connectivity index (χ0v) is 12.3. The Morgan fingerprint density at radius 1 is 1.30 bits per heavy atom. The number of aliphatic imine (C=N–C) groups is 1. The summed E-state index contributed by atoms with van der Waals surface area (Å²) in [6.07, 6.45) is 3.58. The SMILES string of the molecule is COc1cc(N)c(C=NC2CC(C(C)(C)O)C2)cc1N. The van der Waals surface area contributed by atoms with Crippen LogP contribution in [-0.4, -0.2) is 30.1 Å². The van der Waals surface area contributed by atoms with E-state index in [-0.39, 0.29) is 6.04 Å². The largest absolute Gasteiger partial charge is 0.495 e. The van der Waals surface area contributed by atoms with E-state index >= 15 is 0 Å². The molecular weight excluding hydrogens is 254 g/mol. The fraction of sp³-hybridized carbons (Fsp3) is 0.533. The van der Waals surface area contributed by atoms with E-state index in [0.717, 1.165) is 18.4 Å². The quantitative estimate of drug-likeness (QED) is 0.578. The molecule has 1 aliphatic rings. The van der Waals surface area contributed by atoms with Crippen LogP contribution in [0.25, 0.3) is 0 Å². The van der Waals surface area contributed by atoms with Crippen LogP contribution in [-0.2, 0) is 0 Å². The molecule has 1 aromatic rings. The molecule has 1 aliphatic carbocycles. The van der Waals surface area contributed by atoms with E-state index in [9.17, 15) is 5.11 Å². The van der Waals surface area contributed by atoms with Crippen LogP contribution in [0.2, 0.25) is 0 Å². The molecule has 5 heteroatoms. The van der Waals surface area contributed by atoms with E-state index in [2.05, 4.69) is 4.99 Å². The normalized spacial score (nSPS) is 22.8. The summed E-state index contributed by atoms with van der Waals surface area (Å²) in [5, 5.41) is 9.88. The van der Waals surface area contributed by atoms with Gasteiger partial charge in [0.2, 0.25) is 0 Å². The fourth-order valence-electron chi connectivity index (χ4n) is 2.39. The maximum atomic E-state index is 9.88. The number of ether oxygens (including phenoxy) is 1. The van der Waals surface area contributed by atoms with Crippen molar-refractivity contribution in [2.75, 3.05) is 18.6 Å². The maximum Gasteiger partial charge on any atom is 0.143 e. The Bertz CT molecular complexity index is 515. The third-order valence-corrected chi connectivity index (χ3v) is 3.97. The van der Waals surface area contributed by atoms with Gasteiger partial charge in [-0.15, -0.1) is 0 Å². The summed E-state index contributed by atoms with van der Waals surface area (Å²) in [7, 11) is 1.56. The van der Waals surface area contributed by atoms with E-state index in [1.54, 1.807) is 25.5 Å². The van der Waals surface area contributed by atoms with Crippen molar-refractivity contribution in [3.8, 4) is 5.75 Å². The van der Waals surface area contributed by atoms with Gasteiger partial charge in [0.15, 0.2) is 0 Å². The number of nitrogens with zero attached hydrogens (tertiary/aromatic N) is 1. The Labute approximate surface area is 119 Å². The molecule has 0 spiro atoms. The van der Waals surface area contributed by atoms with Gasteiger partial charge in [-0.05, 0) is 38.7 Å². The predicted octanol–water partition coefficient (Wildman–Crippen LogP) is 1.83. The predicted molar refractivity (Wildman–Crippen MR) is 82.2 cm³/mol. The summed E-state index contributed by atoms with van der Waals surface area (Å²) in [6, 6.07) is 3.73. The molecule has 1 fully saturated rings. The second-order valence-corrected chi connectivity index (χ2v) is 5.98. The minimum Gasteiger partial charge on any atom is -0.495 e. The average Bonchev–Trinajstić information content (AvgIpc) is 2.29. The zero-order valence-electron chi connectivity index (χ0n) is 12.3. The van der Waals surface area contributed by atoms with Gasteiger partial charge in [0.05, 0.1) is 24.4 Å². The monoisotopic (exact) mass is 277 g/mol. The van der Waals surface area contributed by atoms with Crippen LogP contribution in [0.5, 0.6) is 5.75 Å². The molecule has 0 amide bonds. The van der Waals surface area contributed by atoms with Crippen molar-refractivity contribution in [3.05, 3.63) is 17.7 Å². The van der Waals surface area contributed by atoms with Crippen LogP contribution in [0.1, 0.15) is 32.3 Å². The number of benzene rings is 1. The second kappa shape index (κ2) is 5.32. The first kappa shape index (κ1) is 14.7. The molecule has 5 nitrogen and oxygen atoms in total. The fourth-order valence-corrected chi connectivity index (χ4v) is 2.39. The van der Waals surface area contributed by atoms with E-state index in [0.29, 0.717) is 23.0 Å². The van der Waals surface area contributed by atoms with E-state index < -0.39 is 5.60 Å². The third kappa shape index (κ3) is 3.04. The minimum absolute atomic E-state index is 0.258. The molecule has 0 aromatic heterocycles. The van der Waals surface area contributed by atoms with E-state index in [1.807, 2.05) is 13.8 Å². The third-order valence-electron chi connectivity index (χ3n) is 3.97. The highest BCUT2D eigenvalue weighted by molar-refractivity contribution is 5.89. The van der Waals surface area contributed by atoms with Gasteiger partial charge < -0.3 is 21.3 Å². The smallest absolute Gasteiger partial charge is 0.143 e. The van der Waals surface area contributed by atoms with Gasteiger partial charge >= 0.3 is 0 Å². The lowest BCUT2D eigenvalue weighted by Gasteiger charge is -2.40. The van der Waals surface area contributed by atoms with E-state index in [4.69, 9.17) is 16.2 Å². The van der Waals surface area contributed by atoms with Crippen LogP contribution >= 0.6 is 0 Å². The summed E-state index contributed by atoms with van der Waals surface area (Å²) in [5.41, 5.74) is 13.1. The van der Waals surface area contributed by atoms with Gasteiger partial charge in [-0.3, -0.25) is 4.99 Å². The minimum atomic E-state index is -0.615. The van der Waals surface area contributed by atoms with Crippen molar-refractivity contribution in [1.82, 2.24) is 0 Å². The molecule has 20 heavy (non-hydrogen) atoms. The molecule has 0 bridgehead atoms. The zero-order chi connectivity index (χ0) is 14.9. The summed E-state index contributed by atoms with van der Waals surface area (Å²) in [4.78, 5) is 4.51. The molecule has 0 unspecified atom stereocenters. The van der Waals surface area contributed by atoms with Crippen molar-refractivity contribution in [2.24, 2.45) is 10.9 Å². The number of nitrogen functional groups attached to an aromatic ring is 2. The number of anilines is 2. The first-order valence-corrected chi connectivity index (χ1v) is 6.79. The average molecular weight is 277 g/mol. The lowest BCUT2D eigenvalue weighted by molar-refractivity contribution is -0.0254. The molecule has 0 radical (unpaired) electrons. The highest BCUT2D eigenvalue weighted by atomic mass is 16.5. The molecule has 5 N–H and O–H groups in total. The number of rotatable bonds is 4. The molecule has 110 valence electrons. The highest BCUT2D eigenvalue weighted by Gasteiger charge is 2.38. The summed E-state index contributed by atoms with van der Waals surface area (Å²) < 4.78 is 5.11. The van der Waals surface area contributed by atoms with Crippen molar-refractivity contribution in [3.63, 3.8) is 0 Å². The van der Waals surface area contributed by atoms with Crippen molar-refractivity contribution in [1.29, 1.82) is 0 Å². The van der Waals surface area contributed by atoms with Crippen LogP contribution in [0.15, 0.2) is 17.1 Å². The number of aliphatic hydroxyl groups is 1.